The summed E-state index contributed by atoms with van der Waals surface area (Å²) in [6.45, 7) is 9.19. The summed E-state index contributed by atoms with van der Waals surface area (Å²) in [5.74, 6) is -0.534. The van der Waals surface area contributed by atoms with Gasteiger partial charge in [0, 0.05) is 32.7 Å². The molecule has 2 aliphatic rings. The molecule has 29 heavy (non-hydrogen) atoms. The lowest BCUT2D eigenvalue weighted by molar-refractivity contribution is -0.133. The van der Waals surface area contributed by atoms with Crippen LogP contribution in [0.25, 0.3) is 0 Å². The Morgan fingerprint density at radius 2 is 2.03 bits per heavy atom. The van der Waals surface area contributed by atoms with E-state index in [0.717, 1.165) is 17.7 Å². The minimum Gasteiger partial charge on any atom is -0.478 e. The normalized spacial score (nSPS) is 23.2. The monoisotopic (exact) mass is 403 g/mol. The molecule has 0 saturated carbocycles. The molecule has 158 valence electrons. The highest BCUT2D eigenvalue weighted by Gasteiger charge is 2.37. The molecule has 2 heterocycles. The van der Waals surface area contributed by atoms with E-state index in [1.165, 1.54) is 12.1 Å². The molecule has 1 N–H and O–H groups in total. The van der Waals surface area contributed by atoms with Gasteiger partial charge in [0.15, 0.2) is 0 Å². The summed E-state index contributed by atoms with van der Waals surface area (Å²) in [5.41, 5.74) is 2.00. The number of nitrogens with zero attached hydrogens (tertiary/aromatic N) is 3. The number of hydrogen-bond donors (Lipinski definition) is 1. The van der Waals surface area contributed by atoms with Crippen LogP contribution in [0.15, 0.2) is 47.3 Å². The molecule has 6 nitrogen and oxygen atoms in total. The molecule has 1 fully saturated rings. The Bertz CT molecular complexity index is 806. The van der Waals surface area contributed by atoms with Gasteiger partial charge in [0.2, 0.25) is 0 Å². The average Bonchev–Trinajstić information content (AvgIpc) is 2.69. The van der Waals surface area contributed by atoms with Crippen LogP contribution in [0.1, 0.15) is 26.3 Å². The van der Waals surface area contributed by atoms with Crippen molar-refractivity contribution in [2.45, 2.75) is 39.5 Å². The number of rotatable bonds is 6. The summed E-state index contributed by atoms with van der Waals surface area (Å²) in [6.07, 6.45) is 1.92. The third-order valence-electron chi connectivity index (χ3n) is 5.68. The summed E-state index contributed by atoms with van der Waals surface area (Å²) < 4.78 is 19.0. The number of hydrogen-bond acceptors (Lipinski definition) is 5. The zero-order valence-electron chi connectivity index (χ0n) is 17.6. The van der Waals surface area contributed by atoms with Gasteiger partial charge in [-0.3, -0.25) is 4.90 Å². The van der Waals surface area contributed by atoms with Gasteiger partial charge in [0.25, 0.3) is 0 Å². The number of benzene rings is 1. The van der Waals surface area contributed by atoms with Crippen LogP contribution in [0.2, 0.25) is 0 Å². The Morgan fingerprint density at radius 1 is 1.34 bits per heavy atom. The molecule has 0 aliphatic carbocycles. The van der Waals surface area contributed by atoms with E-state index in [-0.39, 0.29) is 18.0 Å². The summed E-state index contributed by atoms with van der Waals surface area (Å²) in [5, 5.41) is 9.96. The third-order valence-corrected chi connectivity index (χ3v) is 5.68. The third kappa shape index (κ3) is 4.46. The molecule has 2 aliphatic heterocycles. The second-order valence-electron chi connectivity index (χ2n) is 7.70. The van der Waals surface area contributed by atoms with E-state index < -0.39 is 5.97 Å². The molecular formula is C22H30FN3O3. The van der Waals surface area contributed by atoms with Gasteiger partial charge in [-0.05, 0) is 50.1 Å². The maximum absolute atomic E-state index is 13.4. The van der Waals surface area contributed by atoms with Crippen LogP contribution in [0.3, 0.4) is 0 Å². The molecule has 0 radical (unpaired) electrons. The summed E-state index contributed by atoms with van der Waals surface area (Å²) >= 11 is 0. The zero-order chi connectivity index (χ0) is 21.1. The first kappa shape index (κ1) is 21.3. The predicted octanol–water partition coefficient (Wildman–Crippen LogP) is 2.88. The van der Waals surface area contributed by atoms with Crippen LogP contribution < -0.4 is 0 Å². The molecule has 1 aromatic carbocycles. The van der Waals surface area contributed by atoms with Gasteiger partial charge in [0.1, 0.15) is 23.4 Å². The van der Waals surface area contributed by atoms with Crippen molar-refractivity contribution in [2.75, 3.05) is 33.4 Å². The standard InChI is InChI=1S/C22H30FN3O3/c1-5-24(4)21-20(22(27)28)15(2)12-19(25-10-11-29-14-16(25)3)26(21)13-17-6-8-18(23)9-7-17/h6-9,12,16,19H,5,10-11,13-14H2,1-4H3,(H,27,28)/t16-,19?/m1/s1. The van der Waals surface area contributed by atoms with E-state index in [2.05, 4.69) is 16.7 Å². The van der Waals surface area contributed by atoms with Crippen LogP contribution in [0, 0.1) is 5.82 Å². The number of morpholine rings is 1. The van der Waals surface area contributed by atoms with Crippen molar-refractivity contribution in [1.82, 2.24) is 14.7 Å². The lowest BCUT2D eigenvalue weighted by Gasteiger charge is -2.48. The molecule has 0 aromatic heterocycles. The van der Waals surface area contributed by atoms with Crippen molar-refractivity contribution in [3.63, 3.8) is 0 Å². The van der Waals surface area contributed by atoms with E-state index in [4.69, 9.17) is 4.74 Å². The van der Waals surface area contributed by atoms with Crippen LogP contribution in [-0.2, 0) is 16.1 Å². The van der Waals surface area contributed by atoms with E-state index in [1.807, 2.05) is 31.9 Å². The zero-order valence-corrected chi connectivity index (χ0v) is 17.6. The van der Waals surface area contributed by atoms with Gasteiger partial charge in [-0.15, -0.1) is 0 Å². The molecule has 2 atom stereocenters. The number of aliphatic carboxylic acids is 1. The number of carboxylic acid groups (broad SMARTS) is 1. The van der Waals surface area contributed by atoms with Gasteiger partial charge >= 0.3 is 5.97 Å². The second kappa shape index (κ2) is 8.97. The fraction of sp³-hybridized carbons (Fsp3) is 0.500. The predicted molar refractivity (Wildman–Crippen MR) is 109 cm³/mol. The van der Waals surface area contributed by atoms with E-state index >= 15 is 0 Å². The molecule has 1 aromatic rings. The Kier molecular flexibility index (Phi) is 6.59. The number of ether oxygens (including phenoxy) is 1. The molecule has 1 unspecified atom stereocenters. The fourth-order valence-electron chi connectivity index (χ4n) is 4.03. The lowest BCUT2D eigenvalue weighted by atomic mass is 9.99. The average molecular weight is 403 g/mol. The first-order valence-electron chi connectivity index (χ1n) is 10.1. The Balaban J connectivity index is 2.09. The summed E-state index contributed by atoms with van der Waals surface area (Å²) in [7, 11) is 1.91. The van der Waals surface area contributed by atoms with Crippen LogP contribution in [-0.4, -0.2) is 71.3 Å². The Hall–Kier alpha value is -2.38. The fourth-order valence-corrected chi connectivity index (χ4v) is 4.03. The maximum atomic E-state index is 13.4. The van der Waals surface area contributed by atoms with E-state index in [9.17, 15) is 14.3 Å². The van der Waals surface area contributed by atoms with Crippen molar-refractivity contribution >= 4 is 5.97 Å². The van der Waals surface area contributed by atoms with Gasteiger partial charge in [-0.25, -0.2) is 9.18 Å². The first-order chi connectivity index (χ1) is 13.8. The van der Waals surface area contributed by atoms with Gasteiger partial charge in [-0.1, -0.05) is 12.1 Å². The molecule has 0 spiro atoms. The molecule has 7 heteroatoms. The maximum Gasteiger partial charge on any atom is 0.339 e. The Morgan fingerprint density at radius 3 is 2.62 bits per heavy atom. The summed E-state index contributed by atoms with van der Waals surface area (Å²) in [4.78, 5) is 18.6. The quantitative estimate of drug-likeness (QED) is 0.788. The van der Waals surface area contributed by atoms with Crippen LogP contribution in [0.4, 0.5) is 4.39 Å². The van der Waals surface area contributed by atoms with Crippen molar-refractivity contribution in [2.24, 2.45) is 0 Å². The smallest absolute Gasteiger partial charge is 0.339 e. The van der Waals surface area contributed by atoms with Crippen molar-refractivity contribution in [3.8, 4) is 0 Å². The topological polar surface area (TPSA) is 56.3 Å². The first-order valence-corrected chi connectivity index (χ1v) is 10.1. The number of carbonyl (C=O) groups is 1. The number of carboxylic acids is 1. The number of halogens is 1. The van der Waals surface area contributed by atoms with E-state index in [0.29, 0.717) is 37.7 Å². The van der Waals surface area contributed by atoms with E-state index in [1.54, 1.807) is 12.1 Å². The van der Waals surface area contributed by atoms with Gasteiger partial charge < -0.3 is 19.6 Å². The molecule has 3 rings (SSSR count). The molecule has 0 amide bonds. The van der Waals surface area contributed by atoms with Crippen molar-refractivity contribution in [3.05, 3.63) is 58.7 Å². The van der Waals surface area contributed by atoms with Crippen LogP contribution >= 0.6 is 0 Å². The second-order valence-corrected chi connectivity index (χ2v) is 7.70. The molecule has 1 saturated heterocycles. The molecular weight excluding hydrogens is 373 g/mol. The summed E-state index contributed by atoms with van der Waals surface area (Å²) in [6, 6.07) is 6.59. The highest BCUT2D eigenvalue weighted by atomic mass is 19.1. The highest BCUT2D eigenvalue weighted by molar-refractivity contribution is 5.92. The minimum atomic E-state index is -0.938. The van der Waals surface area contributed by atoms with Gasteiger partial charge in [-0.2, -0.15) is 0 Å². The lowest BCUT2D eigenvalue weighted by Crippen LogP contribution is -2.57. The Labute approximate surface area is 171 Å². The highest BCUT2D eigenvalue weighted by Crippen LogP contribution is 2.33. The minimum absolute atomic E-state index is 0.106. The SMILES string of the molecule is CCN(C)C1=C(C(=O)O)C(C)=CC(N2CCOC[C@H]2C)N1Cc1ccc(F)cc1. The molecule has 0 bridgehead atoms. The van der Waals surface area contributed by atoms with Crippen molar-refractivity contribution < 1.29 is 19.0 Å². The largest absolute Gasteiger partial charge is 0.478 e. The van der Waals surface area contributed by atoms with Gasteiger partial charge in [0.05, 0.1) is 13.2 Å². The van der Waals surface area contributed by atoms with Crippen LogP contribution in [0.5, 0.6) is 0 Å². The van der Waals surface area contributed by atoms with Crippen molar-refractivity contribution in [1.29, 1.82) is 0 Å².